The SMILES string of the molecule is CC(CCc1ccccc1)NC(=O)CSc1nnc(SCC(=O)NC(C)CCc2ccccc2)s1. The van der Waals surface area contributed by atoms with Gasteiger partial charge in [0, 0.05) is 12.1 Å². The molecule has 0 saturated heterocycles. The number of carbonyl (C=O) groups is 2. The molecule has 0 fully saturated rings. The summed E-state index contributed by atoms with van der Waals surface area (Å²) < 4.78 is 1.47. The van der Waals surface area contributed by atoms with E-state index in [0.717, 1.165) is 34.4 Å². The molecule has 9 heteroatoms. The van der Waals surface area contributed by atoms with Crippen molar-refractivity contribution in [3.8, 4) is 0 Å². The van der Waals surface area contributed by atoms with Gasteiger partial charge in [-0.2, -0.15) is 0 Å². The molecule has 2 atom stereocenters. The first-order valence-corrected chi connectivity index (χ1v) is 14.5. The zero-order valence-corrected chi connectivity index (χ0v) is 22.6. The zero-order chi connectivity index (χ0) is 24.9. The van der Waals surface area contributed by atoms with Crippen molar-refractivity contribution >= 4 is 46.7 Å². The summed E-state index contributed by atoms with van der Waals surface area (Å²) in [7, 11) is 0. The molecule has 35 heavy (non-hydrogen) atoms. The van der Waals surface area contributed by atoms with Gasteiger partial charge in [0.1, 0.15) is 0 Å². The predicted molar refractivity (Wildman–Crippen MR) is 146 cm³/mol. The van der Waals surface area contributed by atoms with Gasteiger partial charge in [0.15, 0.2) is 8.68 Å². The van der Waals surface area contributed by atoms with Crippen LogP contribution < -0.4 is 10.6 Å². The standard InChI is InChI=1S/C26H32N4O2S3/c1-19(13-15-21-9-5-3-6-10-21)27-23(31)17-33-25-29-30-26(35-25)34-18-24(32)28-20(2)14-16-22-11-7-4-8-12-22/h3-12,19-20H,13-18H2,1-2H3,(H,27,31)(H,28,32). The molecular weight excluding hydrogens is 497 g/mol. The molecule has 0 saturated carbocycles. The van der Waals surface area contributed by atoms with Crippen LogP contribution in [-0.2, 0) is 22.4 Å². The third-order valence-electron chi connectivity index (χ3n) is 5.27. The van der Waals surface area contributed by atoms with Crippen molar-refractivity contribution < 1.29 is 9.59 Å². The Balaban J connectivity index is 1.29. The molecule has 1 heterocycles. The molecule has 0 aliphatic carbocycles. The van der Waals surface area contributed by atoms with Crippen molar-refractivity contribution in [2.24, 2.45) is 0 Å². The normalized spacial score (nSPS) is 12.6. The second-order valence-electron chi connectivity index (χ2n) is 8.40. The fourth-order valence-corrected chi connectivity index (χ4v) is 6.04. The van der Waals surface area contributed by atoms with Crippen molar-refractivity contribution in [2.45, 2.75) is 60.3 Å². The Hall–Kier alpha value is -2.36. The number of thioether (sulfide) groups is 2. The minimum atomic E-state index is -0.0103. The van der Waals surface area contributed by atoms with Gasteiger partial charge in [0.05, 0.1) is 11.5 Å². The third-order valence-corrected chi connectivity index (χ3v) is 8.46. The van der Waals surface area contributed by atoms with Crippen LogP contribution in [0.5, 0.6) is 0 Å². The first kappa shape index (κ1) is 27.2. The van der Waals surface area contributed by atoms with E-state index in [1.54, 1.807) is 0 Å². The fourth-order valence-electron chi connectivity index (χ4n) is 3.40. The monoisotopic (exact) mass is 528 g/mol. The highest BCUT2D eigenvalue weighted by molar-refractivity contribution is 8.03. The summed E-state index contributed by atoms with van der Waals surface area (Å²) in [5.74, 6) is 0.579. The lowest BCUT2D eigenvalue weighted by atomic mass is 10.1. The van der Waals surface area contributed by atoms with Crippen molar-refractivity contribution in [1.29, 1.82) is 0 Å². The maximum absolute atomic E-state index is 12.3. The number of amides is 2. The van der Waals surface area contributed by atoms with E-state index in [1.165, 1.54) is 46.0 Å². The van der Waals surface area contributed by atoms with Crippen LogP contribution in [0.2, 0.25) is 0 Å². The Morgan fingerprint density at radius 3 is 1.54 bits per heavy atom. The molecule has 6 nitrogen and oxygen atoms in total. The maximum atomic E-state index is 12.3. The van der Waals surface area contributed by atoms with E-state index >= 15 is 0 Å². The number of benzene rings is 2. The topological polar surface area (TPSA) is 84.0 Å². The van der Waals surface area contributed by atoms with Gasteiger partial charge in [-0.1, -0.05) is 95.5 Å². The molecule has 2 unspecified atom stereocenters. The van der Waals surface area contributed by atoms with E-state index in [9.17, 15) is 9.59 Å². The summed E-state index contributed by atoms with van der Waals surface area (Å²) in [6.45, 7) is 4.05. The summed E-state index contributed by atoms with van der Waals surface area (Å²) in [5, 5.41) is 14.4. The molecule has 3 aromatic rings. The van der Waals surface area contributed by atoms with Crippen LogP contribution in [0.1, 0.15) is 37.8 Å². The van der Waals surface area contributed by atoms with Gasteiger partial charge in [-0.15, -0.1) is 10.2 Å². The Morgan fingerprint density at radius 1 is 0.743 bits per heavy atom. The van der Waals surface area contributed by atoms with Crippen molar-refractivity contribution in [1.82, 2.24) is 20.8 Å². The fraction of sp³-hybridized carbons (Fsp3) is 0.385. The Morgan fingerprint density at radius 2 is 1.14 bits per heavy atom. The molecule has 2 N–H and O–H groups in total. The average Bonchev–Trinajstić information content (AvgIpc) is 3.33. The highest BCUT2D eigenvalue weighted by atomic mass is 32.2. The molecule has 0 spiro atoms. The summed E-state index contributed by atoms with van der Waals surface area (Å²) in [5.41, 5.74) is 2.55. The molecule has 1 aromatic heterocycles. The number of nitrogens with one attached hydrogen (secondary N) is 2. The molecule has 0 aliphatic heterocycles. The lowest BCUT2D eigenvalue weighted by molar-refractivity contribution is -0.120. The van der Waals surface area contributed by atoms with Gasteiger partial charge in [-0.05, 0) is 50.7 Å². The van der Waals surface area contributed by atoms with Crippen LogP contribution in [-0.4, -0.2) is 45.6 Å². The van der Waals surface area contributed by atoms with Crippen molar-refractivity contribution in [3.05, 3.63) is 71.8 Å². The number of hydrogen-bond acceptors (Lipinski definition) is 7. The second-order valence-corrected chi connectivity index (χ2v) is 11.8. The number of carbonyl (C=O) groups excluding carboxylic acids is 2. The number of hydrogen-bond donors (Lipinski definition) is 2. The van der Waals surface area contributed by atoms with E-state index in [4.69, 9.17) is 0 Å². The summed E-state index contributed by atoms with van der Waals surface area (Å²) in [6, 6.07) is 20.8. The maximum Gasteiger partial charge on any atom is 0.230 e. The predicted octanol–water partition coefficient (Wildman–Crippen LogP) is 5.00. The first-order valence-electron chi connectivity index (χ1n) is 11.7. The highest BCUT2D eigenvalue weighted by Gasteiger charge is 2.13. The zero-order valence-electron chi connectivity index (χ0n) is 20.1. The summed E-state index contributed by atoms with van der Waals surface area (Å²) in [4.78, 5) is 24.5. The van der Waals surface area contributed by atoms with Crippen LogP contribution in [0.3, 0.4) is 0 Å². The molecule has 0 aliphatic rings. The smallest absolute Gasteiger partial charge is 0.230 e. The van der Waals surface area contributed by atoms with E-state index in [-0.39, 0.29) is 23.9 Å². The van der Waals surface area contributed by atoms with E-state index in [1.807, 2.05) is 50.2 Å². The van der Waals surface area contributed by atoms with Crippen molar-refractivity contribution in [3.63, 3.8) is 0 Å². The molecular formula is C26H32N4O2S3. The number of aryl methyl sites for hydroxylation is 2. The van der Waals surface area contributed by atoms with Gasteiger partial charge < -0.3 is 10.6 Å². The average molecular weight is 529 g/mol. The van der Waals surface area contributed by atoms with Gasteiger partial charge in [0.2, 0.25) is 11.8 Å². The Bertz CT molecular complexity index is 965. The van der Waals surface area contributed by atoms with Gasteiger partial charge >= 0.3 is 0 Å². The number of rotatable bonds is 14. The van der Waals surface area contributed by atoms with E-state index in [0.29, 0.717) is 11.5 Å². The molecule has 2 amide bonds. The molecule has 0 radical (unpaired) electrons. The van der Waals surface area contributed by atoms with E-state index < -0.39 is 0 Å². The molecule has 186 valence electrons. The van der Waals surface area contributed by atoms with Crippen LogP contribution in [0.25, 0.3) is 0 Å². The van der Waals surface area contributed by atoms with Gasteiger partial charge in [0.25, 0.3) is 0 Å². The van der Waals surface area contributed by atoms with Crippen LogP contribution in [0.4, 0.5) is 0 Å². The van der Waals surface area contributed by atoms with Gasteiger partial charge in [-0.25, -0.2) is 0 Å². The van der Waals surface area contributed by atoms with Gasteiger partial charge in [-0.3, -0.25) is 9.59 Å². The Labute approximate surface area is 220 Å². The molecule has 0 bridgehead atoms. The highest BCUT2D eigenvalue weighted by Crippen LogP contribution is 2.28. The van der Waals surface area contributed by atoms with Crippen molar-refractivity contribution in [2.75, 3.05) is 11.5 Å². The van der Waals surface area contributed by atoms with Crippen LogP contribution in [0.15, 0.2) is 69.3 Å². The summed E-state index contributed by atoms with van der Waals surface area (Å²) >= 11 is 4.16. The first-order chi connectivity index (χ1) is 17.0. The molecule has 3 rings (SSSR count). The minimum Gasteiger partial charge on any atom is -0.353 e. The largest absolute Gasteiger partial charge is 0.353 e. The third kappa shape index (κ3) is 10.8. The minimum absolute atomic E-state index is 0.0103. The van der Waals surface area contributed by atoms with Crippen LogP contribution in [0, 0.1) is 0 Å². The Kier molecular flexibility index (Phi) is 11.6. The van der Waals surface area contributed by atoms with Crippen LogP contribution >= 0.6 is 34.9 Å². The lowest BCUT2D eigenvalue weighted by Gasteiger charge is -2.13. The van der Waals surface area contributed by atoms with E-state index in [2.05, 4.69) is 45.1 Å². The summed E-state index contributed by atoms with van der Waals surface area (Å²) in [6.07, 6.45) is 3.66. The molecule has 2 aromatic carbocycles. The lowest BCUT2D eigenvalue weighted by Crippen LogP contribution is -2.34. The number of aromatic nitrogens is 2. The quantitative estimate of drug-likeness (QED) is 0.287. The second kappa shape index (κ2) is 14.9. The number of nitrogens with zero attached hydrogens (tertiary/aromatic N) is 2.